The van der Waals surface area contributed by atoms with Gasteiger partial charge >= 0.3 is 7.12 Å². The van der Waals surface area contributed by atoms with Crippen LogP contribution in [0.25, 0.3) is 0 Å². The minimum atomic E-state index is -0.257. The second-order valence-corrected chi connectivity index (χ2v) is 7.12. The van der Waals surface area contributed by atoms with Crippen molar-refractivity contribution in [3.05, 3.63) is 22.4 Å². The Labute approximate surface area is 120 Å². The predicted molar refractivity (Wildman–Crippen MR) is 81.7 cm³/mol. The Kier molecular flexibility index (Phi) is 4.40. The number of thiophene rings is 1. The average Bonchev–Trinajstić information content (AvgIpc) is 2.87. The SMILES string of the molecule is CNCC[C@H](B1OC(C)(C)C(C)(C)O1)c1cccs1. The zero-order valence-corrected chi connectivity index (χ0v) is 13.3. The number of hydrogen-bond acceptors (Lipinski definition) is 4. The third-order valence-corrected chi connectivity index (χ3v) is 5.22. The standard InChI is InChI=1S/C14H24BNO2S/c1-13(2)14(3,4)18-15(17-13)11(8-9-16-5)12-7-6-10-19-12/h6-7,10-11,16H,8-9H2,1-5H3/t11-/m0/s1. The van der Waals surface area contributed by atoms with E-state index in [0.29, 0.717) is 5.82 Å². The molecule has 1 aliphatic heterocycles. The first-order valence-electron chi connectivity index (χ1n) is 6.91. The molecular weight excluding hydrogens is 257 g/mol. The van der Waals surface area contributed by atoms with E-state index in [1.807, 2.05) is 7.05 Å². The van der Waals surface area contributed by atoms with E-state index in [-0.39, 0.29) is 18.3 Å². The molecule has 1 saturated heterocycles. The fourth-order valence-corrected chi connectivity index (χ4v) is 3.14. The van der Waals surface area contributed by atoms with Gasteiger partial charge in [0.05, 0.1) is 11.2 Å². The second-order valence-electron chi connectivity index (χ2n) is 6.14. The normalized spacial score (nSPS) is 22.7. The molecule has 2 rings (SSSR count). The molecule has 3 nitrogen and oxygen atoms in total. The first-order chi connectivity index (χ1) is 8.87. The van der Waals surface area contributed by atoms with Gasteiger partial charge in [0.25, 0.3) is 0 Å². The molecule has 1 aromatic rings. The molecule has 1 aliphatic rings. The van der Waals surface area contributed by atoms with Crippen molar-refractivity contribution in [3.8, 4) is 0 Å². The summed E-state index contributed by atoms with van der Waals surface area (Å²) in [5, 5.41) is 5.34. The maximum absolute atomic E-state index is 6.20. The van der Waals surface area contributed by atoms with Crippen LogP contribution >= 0.6 is 11.3 Å². The van der Waals surface area contributed by atoms with Crippen molar-refractivity contribution in [1.29, 1.82) is 0 Å². The molecule has 0 amide bonds. The lowest BCUT2D eigenvalue weighted by molar-refractivity contribution is 0.00578. The van der Waals surface area contributed by atoms with E-state index < -0.39 is 0 Å². The van der Waals surface area contributed by atoms with E-state index >= 15 is 0 Å². The monoisotopic (exact) mass is 281 g/mol. The number of rotatable bonds is 5. The van der Waals surface area contributed by atoms with E-state index in [1.54, 1.807) is 11.3 Å². The van der Waals surface area contributed by atoms with Gasteiger partial charge in [-0.15, -0.1) is 11.3 Å². The van der Waals surface area contributed by atoms with Crippen LogP contribution in [0.2, 0.25) is 0 Å². The van der Waals surface area contributed by atoms with E-state index in [0.717, 1.165) is 13.0 Å². The fraction of sp³-hybridized carbons (Fsp3) is 0.714. The van der Waals surface area contributed by atoms with Crippen LogP contribution in [-0.4, -0.2) is 31.9 Å². The molecule has 0 radical (unpaired) electrons. The summed E-state index contributed by atoms with van der Waals surface area (Å²) >= 11 is 1.78. The average molecular weight is 281 g/mol. The highest BCUT2D eigenvalue weighted by Crippen LogP contribution is 2.42. The van der Waals surface area contributed by atoms with Gasteiger partial charge in [-0.2, -0.15) is 0 Å². The molecule has 19 heavy (non-hydrogen) atoms. The summed E-state index contributed by atoms with van der Waals surface area (Å²) in [6.07, 6.45) is 1.02. The molecule has 0 spiro atoms. The number of nitrogens with one attached hydrogen (secondary N) is 1. The summed E-state index contributed by atoms with van der Waals surface area (Å²) in [5.41, 5.74) is -0.514. The van der Waals surface area contributed by atoms with Crippen LogP contribution in [0, 0.1) is 0 Å². The minimum absolute atomic E-state index is 0.156. The highest BCUT2D eigenvalue weighted by molar-refractivity contribution is 7.10. The molecule has 5 heteroatoms. The molecule has 106 valence electrons. The summed E-state index contributed by atoms with van der Waals surface area (Å²) in [6.45, 7) is 9.40. The first-order valence-corrected chi connectivity index (χ1v) is 7.79. The minimum Gasteiger partial charge on any atom is -0.403 e. The van der Waals surface area contributed by atoms with Crippen LogP contribution in [0.15, 0.2) is 17.5 Å². The van der Waals surface area contributed by atoms with Crippen molar-refractivity contribution in [2.24, 2.45) is 0 Å². The molecule has 0 saturated carbocycles. The zero-order chi connectivity index (χ0) is 14.1. The van der Waals surface area contributed by atoms with Crippen LogP contribution in [0.5, 0.6) is 0 Å². The van der Waals surface area contributed by atoms with Gasteiger partial charge in [-0.25, -0.2) is 0 Å². The zero-order valence-electron chi connectivity index (χ0n) is 12.5. The Morgan fingerprint density at radius 2 is 1.89 bits per heavy atom. The Balaban J connectivity index is 2.17. The van der Waals surface area contributed by atoms with Crippen molar-refractivity contribution in [2.75, 3.05) is 13.6 Å². The highest BCUT2D eigenvalue weighted by Gasteiger charge is 2.53. The van der Waals surface area contributed by atoms with Gasteiger partial charge in [-0.05, 0) is 59.2 Å². The predicted octanol–water partition coefficient (Wildman–Crippen LogP) is 3.07. The van der Waals surface area contributed by atoms with Crippen molar-refractivity contribution < 1.29 is 9.31 Å². The summed E-state index contributed by atoms with van der Waals surface area (Å²) in [7, 11) is 1.83. The van der Waals surface area contributed by atoms with E-state index in [1.165, 1.54) is 4.88 Å². The fourth-order valence-electron chi connectivity index (χ4n) is 2.27. The van der Waals surface area contributed by atoms with Crippen molar-refractivity contribution in [2.45, 2.75) is 51.1 Å². The van der Waals surface area contributed by atoms with Crippen molar-refractivity contribution in [3.63, 3.8) is 0 Å². The maximum atomic E-state index is 6.20. The van der Waals surface area contributed by atoms with Gasteiger partial charge in [0.15, 0.2) is 0 Å². The van der Waals surface area contributed by atoms with Crippen LogP contribution in [0.1, 0.15) is 44.8 Å². The molecule has 2 heterocycles. The van der Waals surface area contributed by atoms with E-state index in [4.69, 9.17) is 9.31 Å². The Morgan fingerprint density at radius 3 is 2.37 bits per heavy atom. The lowest BCUT2D eigenvalue weighted by atomic mass is 9.69. The maximum Gasteiger partial charge on any atom is 0.466 e. The summed E-state index contributed by atoms with van der Waals surface area (Å²) in [5.74, 6) is 0.300. The van der Waals surface area contributed by atoms with Gasteiger partial charge < -0.3 is 14.6 Å². The number of hydrogen-bond donors (Lipinski definition) is 1. The summed E-state index contributed by atoms with van der Waals surface area (Å²) < 4.78 is 12.4. The summed E-state index contributed by atoms with van der Waals surface area (Å²) in [6, 6.07) is 4.27. The molecule has 1 aromatic heterocycles. The lowest BCUT2D eigenvalue weighted by Crippen LogP contribution is -2.41. The molecular formula is C14H24BNO2S. The molecule has 0 unspecified atom stereocenters. The van der Waals surface area contributed by atoms with Crippen LogP contribution < -0.4 is 5.32 Å². The van der Waals surface area contributed by atoms with Crippen LogP contribution in [0.4, 0.5) is 0 Å². The highest BCUT2D eigenvalue weighted by atomic mass is 32.1. The molecule has 0 aliphatic carbocycles. The lowest BCUT2D eigenvalue weighted by Gasteiger charge is -2.32. The van der Waals surface area contributed by atoms with Gasteiger partial charge in [0.1, 0.15) is 0 Å². The molecule has 1 N–H and O–H groups in total. The first kappa shape index (κ1) is 15.0. The molecule has 1 fully saturated rings. The molecule has 1 atom stereocenters. The third kappa shape index (κ3) is 3.05. The van der Waals surface area contributed by atoms with Crippen LogP contribution in [0.3, 0.4) is 0 Å². The Morgan fingerprint density at radius 1 is 1.26 bits per heavy atom. The van der Waals surface area contributed by atoms with E-state index in [2.05, 4.69) is 50.5 Å². The van der Waals surface area contributed by atoms with Crippen molar-refractivity contribution in [1.82, 2.24) is 5.32 Å². The Hall–Kier alpha value is -0.355. The summed E-state index contributed by atoms with van der Waals surface area (Å²) in [4.78, 5) is 1.34. The molecule has 0 bridgehead atoms. The third-order valence-electron chi connectivity index (χ3n) is 4.21. The smallest absolute Gasteiger partial charge is 0.403 e. The van der Waals surface area contributed by atoms with Gasteiger partial charge in [-0.3, -0.25) is 0 Å². The largest absolute Gasteiger partial charge is 0.466 e. The topological polar surface area (TPSA) is 30.5 Å². The van der Waals surface area contributed by atoms with E-state index in [9.17, 15) is 0 Å². The van der Waals surface area contributed by atoms with Crippen LogP contribution in [-0.2, 0) is 9.31 Å². The van der Waals surface area contributed by atoms with Gasteiger partial charge in [0, 0.05) is 10.7 Å². The molecule has 0 aromatic carbocycles. The van der Waals surface area contributed by atoms with Gasteiger partial charge in [-0.1, -0.05) is 6.07 Å². The van der Waals surface area contributed by atoms with Crippen molar-refractivity contribution >= 4 is 18.5 Å². The van der Waals surface area contributed by atoms with Gasteiger partial charge in [0.2, 0.25) is 0 Å². The quantitative estimate of drug-likeness (QED) is 0.841. The second kappa shape index (κ2) is 5.56. The Bertz CT molecular complexity index is 390.